The highest BCUT2D eigenvalue weighted by Crippen LogP contribution is 2.27. The summed E-state index contributed by atoms with van der Waals surface area (Å²) in [6.07, 6.45) is 3.05. The maximum Gasteiger partial charge on any atom is 0.475 e. The van der Waals surface area contributed by atoms with Gasteiger partial charge in [-0.05, 0) is 71.3 Å². The van der Waals surface area contributed by atoms with Gasteiger partial charge in [0.25, 0.3) is 0 Å². The Kier molecular flexibility index (Phi) is 12.3. The molecule has 10 nitrogen and oxygen atoms in total. The molecule has 220 valence electrons. The first-order valence-corrected chi connectivity index (χ1v) is 14.5. The number of benzene rings is 1. The van der Waals surface area contributed by atoms with Crippen molar-refractivity contribution in [3.8, 4) is 6.07 Å². The highest BCUT2D eigenvalue weighted by atomic mass is 16.6. The Morgan fingerprint density at radius 3 is 2.62 bits per heavy atom. The zero-order valence-electron chi connectivity index (χ0n) is 24.1. The van der Waals surface area contributed by atoms with E-state index in [0.717, 1.165) is 31.5 Å². The molecule has 0 spiro atoms. The van der Waals surface area contributed by atoms with Crippen molar-refractivity contribution in [1.82, 2.24) is 15.1 Å². The smallest absolute Gasteiger partial charge is 0.444 e. The third kappa shape index (κ3) is 9.77. The Bertz CT molecular complexity index is 988. The fourth-order valence-electron chi connectivity index (χ4n) is 5.49. The van der Waals surface area contributed by atoms with E-state index in [-0.39, 0.29) is 24.1 Å². The van der Waals surface area contributed by atoms with Gasteiger partial charge in [-0.25, -0.2) is 4.79 Å². The molecule has 0 bridgehead atoms. The molecule has 3 N–H and O–H groups in total. The Morgan fingerprint density at radius 1 is 1.20 bits per heavy atom. The van der Waals surface area contributed by atoms with E-state index in [1.54, 1.807) is 4.90 Å². The van der Waals surface area contributed by atoms with E-state index in [4.69, 9.17) is 9.47 Å². The lowest BCUT2D eigenvalue weighted by molar-refractivity contribution is -0.135. The van der Waals surface area contributed by atoms with Crippen LogP contribution >= 0.6 is 0 Å². The fraction of sp³-hybridized carbons (Fsp3) is 0.690. The molecule has 0 saturated carbocycles. The van der Waals surface area contributed by atoms with Crippen LogP contribution in [0.5, 0.6) is 0 Å². The van der Waals surface area contributed by atoms with Crippen molar-refractivity contribution in [2.24, 2.45) is 5.92 Å². The molecular weight excluding hydrogens is 511 g/mol. The van der Waals surface area contributed by atoms with Crippen molar-refractivity contribution >= 4 is 19.1 Å². The Morgan fingerprint density at radius 2 is 1.95 bits per heavy atom. The lowest BCUT2D eigenvalue weighted by Gasteiger charge is -2.43. The number of alkyl carbamates (subject to hydrolysis) is 1. The van der Waals surface area contributed by atoms with Gasteiger partial charge < -0.3 is 29.7 Å². The summed E-state index contributed by atoms with van der Waals surface area (Å²) < 4.78 is 11.3. The minimum Gasteiger partial charge on any atom is -0.444 e. The Hall–Kier alpha value is -2.65. The monoisotopic (exact) mass is 556 g/mol. The number of carbonyl (C=O) groups is 2. The summed E-state index contributed by atoms with van der Waals surface area (Å²) in [6, 6.07) is 11.8. The third-order valence-electron chi connectivity index (χ3n) is 8.06. The number of nitrogens with one attached hydrogen (secondary N) is 1. The number of hydrogen-bond donors (Lipinski definition) is 3. The van der Waals surface area contributed by atoms with E-state index in [2.05, 4.69) is 37.1 Å². The van der Waals surface area contributed by atoms with Crippen LogP contribution in [0.25, 0.3) is 0 Å². The molecule has 2 amide bonds. The van der Waals surface area contributed by atoms with Crippen LogP contribution in [0.3, 0.4) is 0 Å². The number of ether oxygens (including phenoxy) is 2. The van der Waals surface area contributed by atoms with E-state index in [1.807, 2.05) is 30.3 Å². The van der Waals surface area contributed by atoms with E-state index < -0.39 is 31.2 Å². The van der Waals surface area contributed by atoms with Crippen LogP contribution in [0.15, 0.2) is 30.3 Å². The van der Waals surface area contributed by atoms with E-state index in [0.29, 0.717) is 45.3 Å². The molecule has 1 aromatic rings. The second-order valence-electron chi connectivity index (χ2n) is 11.7. The molecule has 2 heterocycles. The molecule has 2 aliphatic rings. The average molecular weight is 557 g/mol. The largest absolute Gasteiger partial charge is 0.475 e. The summed E-state index contributed by atoms with van der Waals surface area (Å²) in [7, 11) is -1.73. The SMILES string of the molecule is C[C@H]1CN(C(C)(C)CCC(C#N)C(=O)N2CCCC[C@@H](OC(=O)N[C@@H](CCc3ccccc3)B(O)O)C2)CCO1. The van der Waals surface area contributed by atoms with Crippen LogP contribution in [0.4, 0.5) is 4.79 Å². The molecule has 11 heteroatoms. The molecule has 1 aromatic carbocycles. The highest BCUT2D eigenvalue weighted by molar-refractivity contribution is 6.43. The predicted octanol–water partition coefficient (Wildman–Crippen LogP) is 2.53. The topological polar surface area (TPSA) is 135 Å². The van der Waals surface area contributed by atoms with Crippen molar-refractivity contribution < 1.29 is 29.1 Å². The first-order valence-electron chi connectivity index (χ1n) is 14.5. The zero-order valence-corrected chi connectivity index (χ0v) is 24.1. The Balaban J connectivity index is 1.52. The quantitative estimate of drug-likeness (QED) is 0.354. The van der Waals surface area contributed by atoms with E-state index >= 15 is 0 Å². The van der Waals surface area contributed by atoms with Crippen LogP contribution in [0.2, 0.25) is 0 Å². The molecule has 2 fully saturated rings. The van der Waals surface area contributed by atoms with Gasteiger partial charge in [-0.2, -0.15) is 5.26 Å². The van der Waals surface area contributed by atoms with Gasteiger partial charge in [0.2, 0.25) is 5.91 Å². The first-order chi connectivity index (χ1) is 19.1. The van der Waals surface area contributed by atoms with Gasteiger partial charge in [-0.3, -0.25) is 9.69 Å². The fourth-order valence-corrected chi connectivity index (χ4v) is 5.49. The van der Waals surface area contributed by atoms with Gasteiger partial charge in [0.15, 0.2) is 0 Å². The predicted molar refractivity (Wildman–Crippen MR) is 152 cm³/mol. The van der Waals surface area contributed by atoms with Gasteiger partial charge in [0.1, 0.15) is 12.0 Å². The summed E-state index contributed by atoms with van der Waals surface area (Å²) in [5.74, 6) is -1.88. The number of hydrogen-bond acceptors (Lipinski definition) is 8. The second kappa shape index (κ2) is 15.4. The number of amides is 2. The van der Waals surface area contributed by atoms with Gasteiger partial charge in [0.05, 0.1) is 31.3 Å². The van der Waals surface area contributed by atoms with Crippen LogP contribution < -0.4 is 5.32 Å². The third-order valence-corrected chi connectivity index (χ3v) is 8.06. The number of aryl methyl sites for hydroxylation is 1. The Labute approximate surface area is 238 Å². The van der Waals surface area contributed by atoms with E-state index in [1.165, 1.54) is 0 Å². The summed E-state index contributed by atoms with van der Waals surface area (Å²) in [6.45, 7) is 9.41. The summed E-state index contributed by atoms with van der Waals surface area (Å²) >= 11 is 0. The van der Waals surface area contributed by atoms with Crippen molar-refractivity contribution in [3.05, 3.63) is 35.9 Å². The van der Waals surface area contributed by atoms with Gasteiger partial charge >= 0.3 is 13.2 Å². The second-order valence-corrected chi connectivity index (χ2v) is 11.7. The average Bonchev–Trinajstić information content (AvgIpc) is 3.17. The molecule has 2 saturated heterocycles. The van der Waals surface area contributed by atoms with Crippen LogP contribution in [0, 0.1) is 17.2 Å². The van der Waals surface area contributed by atoms with Crippen LogP contribution in [0.1, 0.15) is 64.9 Å². The summed E-state index contributed by atoms with van der Waals surface area (Å²) in [5, 5.41) is 32.0. The normalized spacial score (nSPS) is 21.9. The van der Waals surface area contributed by atoms with Gasteiger partial charge in [0, 0.05) is 25.2 Å². The molecule has 0 aromatic heterocycles. The number of nitrogens with zero attached hydrogens (tertiary/aromatic N) is 3. The van der Waals surface area contributed by atoms with Gasteiger partial charge in [-0.15, -0.1) is 0 Å². The molecule has 0 radical (unpaired) electrons. The maximum absolute atomic E-state index is 13.4. The number of morpholine rings is 1. The van der Waals surface area contributed by atoms with Crippen molar-refractivity contribution in [2.45, 2.75) is 89.4 Å². The van der Waals surface area contributed by atoms with Gasteiger partial charge in [-0.1, -0.05) is 30.3 Å². The van der Waals surface area contributed by atoms with Crippen LogP contribution in [-0.2, 0) is 20.7 Å². The number of likely N-dealkylation sites (tertiary alicyclic amines) is 1. The maximum atomic E-state index is 13.4. The molecular formula is C29H45BN4O6. The van der Waals surface area contributed by atoms with Crippen molar-refractivity contribution in [3.63, 3.8) is 0 Å². The number of nitriles is 1. The van der Waals surface area contributed by atoms with Crippen molar-refractivity contribution in [1.29, 1.82) is 5.26 Å². The molecule has 40 heavy (non-hydrogen) atoms. The lowest BCUT2D eigenvalue weighted by Crippen LogP contribution is -2.52. The molecule has 2 aliphatic heterocycles. The number of rotatable bonds is 11. The van der Waals surface area contributed by atoms with Crippen LogP contribution in [-0.4, -0.2) is 95.4 Å². The zero-order chi connectivity index (χ0) is 29.1. The molecule has 4 atom stereocenters. The standard InChI is InChI=1S/C29H45BN4O6/c1-22-20-34(17-18-39-22)29(2,3)15-14-24(19-31)27(35)33-16-8-7-11-25(21-33)40-28(36)32-26(30(37)38)13-12-23-9-5-4-6-10-23/h4-6,9-10,22,24-26,37-38H,7-8,11-18,20-21H2,1-3H3,(H,32,36)/t22-,24?,25+,26-/m0/s1. The number of carbonyl (C=O) groups excluding carboxylic acids is 2. The van der Waals surface area contributed by atoms with E-state index in [9.17, 15) is 24.9 Å². The lowest BCUT2D eigenvalue weighted by atomic mass is 9.76. The molecule has 1 unspecified atom stereocenters. The van der Waals surface area contributed by atoms with Crippen molar-refractivity contribution in [2.75, 3.05) is 32.8 Å². The first kappa shape index (κ1) is 31.9. The summed E-state index contributed by atoms with van der Waals surface area (Å²) in [4.78, 5) is 30.1. The minimum absolute atomic E-state index is 0.160. The summed E-state index contributed by atoms with van der Waals surface area (Å²) in [5.41, 5.74) is 0.862. The highest BCUT2D eigenvalue weighted by Gasteiger charge is 2.35. The molecule has 3 rings (SSSR count). The minimum atomic E-state index is -1.73. The molecule has 0 aliphatic carbocycles.